The number of hydrogen-bond donors (Lipinski definition) is 1. The van der Waals surface area contributed by atoms with Gasteiger partial charge in [0.1, 0.15) is 11.5 Å². The fourth-order valence-corrected chi connectivity index (χ4v) is 4.36. The molecule has 2 amide bonds. The Morgan fingerprint density at radius 2 is 2.10 bits per heavy atom. The molecule has 31 heavy (non-hydrogen) atoms. The van der Waals surface area contributed by atoms with Crippen LogP contribution in [0.1, 0.15) is 31.2 Å². The van der Waals surface area contributed by atoms with Gasteiger partial charge in [-0.2, -0.15) is 0 Å². The lowest BCUT2D eigenvalue weighted by molar-refractivity contribution is -0.126. The van der Waals surface area contributed by atoms with Gasteiger partial charge in [0.15, 0.2) is 0 Å². The number of allylic oxidation sites excluding steroid dienone is 1. The van der Waals surface area contributed by atoms with Gasteiger partial charge < -0.3 is 15.1 Å². The molecule has 2 aromatic rings. The monoisotopic (exact) mass is 416 g/mol. The minimum Gasteiger partial charge on any atom is -0.357 e. The topological polar surface area (TPSA) is 91.3 Å². The molecule has 2 aliphatic heterocycles. The number of carbonyl (C=O) groups excluding carboxylic acids is 2. The summed E-state index contributed by atoms with van der Waals surface area (Å²) in [5.41, 5.74) is 5.02. The minimum absolute atomic E-state index is 0.00251. The van der Waals surface area contributed by atoms with E-state index in [-0.39, 0.29) is 24.4 Å². The van der Waals surface area contributed by atoms with E-state index in [2.05, 4.69) is 26.8 Å². The van der Waals surface area contributed by atoms with Crippen molar-refractivity contribution in [1.29, 1.82) is 0 Å². The molecule has 0 radical (unpaired) electrons. The molecule has 1 saturated carbocycles. The van der Waals surface area contributed by atoms with Crippen molar-refractivity contribution in [1.82, 2.24) is 24.8 Å². The van der Waals surface area contributed by atoms with E-state index < -0.39 is 0 Å². The summed E-state index contributed by atoms with van der Waals surface area (Å²) in [7, 11) is 0. The third-order valence-electron chi connectivity index (χ3n) is 5.98. The lowest BCUT2D eigenvalue weighted by atomic mass is 10.0. The number of aryl methyl sites for hydroxylation is 1. The van der Waals surface area contributed by atoms with Crippen molar-refractivity contribution in [2.24, 2.45) is 0 Å². The molecular weight excluding hydrogens is 392 g/mol. The van der Waals surface area contributed by atoms with Crippen LogP contribution >= 0.6 is 0 Å². The summed E-state index contributed by atoms with van der Waals surface area (Å²) in [6, 6.07) is 2.10. The highest BCUT2D eigenvalue weighted by Gasteiger charge is 2.45. The van der Waals surface area contributed by atoms with Crippen molar-refractivity contribution in [3.63, 3.8) is 0 Å². The van der Waals surface area contributed by atoms with Crippen LogP contribution in [-0.4, -0.2) is 55.7 Å². The molecule has 0 aromatic carbocycles. The maximum Gasteiger partial charge on any atom is 0.275 e. The Labute approximate surface area is 180 Å². The molecule has 5 rings (SSSR count). The Morgan fingerprint density at radius 3 is 2.81 bits per heavy atom. The molecule has 0 atom stereocenters. The predicted molar refractivity (Wildman–Crippen MR) is 115 cm³/mol. The van der Waals surface area contributed by atoms with Crippen molar-refractivity contribution < 1.29 is 9.59 Å². The zero-order valence-electron chi connectivity index (χ0n) is 17.5. The summed E-state index contributed by atoms with van der Waals surface area (Å²) in [4.78, 5) is 42.3. The average molecular weight is 416 g/mol. The second-order valence-electron chi connectivity index (χ2n) is 8.23. The summed E-state index contributed by atoms with van der Waals surface area (Å²) < 4.78 is 0. The van der Waals surface area contributed by atoms with E-state index in [9.17, 15) is 9.59 Å². The van der Waals surface area contributed by atoms with Gasteiger partial charge in [-0.3, -0.25) is 19.6 Å². The first-order valence-electron chi connectivity index (χ1n) is 10.6. The molecule has 0 bridgehead atoms. The van der Waals surface area contributed by atoms with Gasteiger partial charge >= 0.3 is 0 Å². The van der Waals surface area contributed by atoms with Gasteiger partial charge in [-0.1, -0.05) is 6.58 Å². The highest BCUT2D eigenvalue weighted by Crippen LogP contribution is 2.42. The number of nitrogens with zero attached hydrogens (tertiary/aromatic N) is 5. The van der Waals surface area contributed by atoms with Crippen molar-refractivity contribution in [3.05, 3.63) is 60.0 Å². The quantitative estimate of drug-likeness (QED) is 0.806. The Kier molecular flexibility index (Phi) is 4.77. The van der Waals surface area contributed by atoms with E-state index in [1.165, 1.54) is 0 Å². The van der Waals surface area contributed by atoms with Crippen LogP contribution < -0.4 is 5.32 Å². The standard InChI is InChI=1S/C23H24N6O2/c1-14-10-20(26-11-18(14)19-12-24-7-8-25-19)27-21(30)13-28-9-3-4-17-15(2)29(16-5-6-16)23(31)22(17)28/h7-8,10-12,16H,2-6,9,13H2,1H3,(H,26,27,30). The van der Waals surface area contributed by atoms with Gasteiger partial charge in [0.2, 0.25) is 5.91 Å². The summed E-state index contributed by atoms with van der Waals surface area (Å²) in [6.07, 6.45) is 10.4. The number of nitrogens with one attached hydrogen (secondary N) is 1. The lowest BCUT2D eigenvalue weighted by Crippen LogP contribution is -2.39. The number of anilines is 1. The van der Waals surface area contributed by atoms with Gasteiger partial charge in [0, 0.05) is 48.0 Å². The molecule has 8 nitrogen and oxygen atoms in total. The number of pyridine rings is 1. The first-order chi connectivity index (χ1) is 15.0. The van der Waals surface area contributed by atoms with Crippen molar-refractivity contribution in [2.45, 2.75) is 38.6 Å². The van der Waals surface area contributed by atoms with Gasteiger partial charge in [0.05, 0.1) is 18.4 Å². The molecule has 1 fully saturated rings. The lowest BCUT2D eigenvalue weighted by Gasteiger charge is -2.28. The van der Waals surface area contributed by atoms with Crippen LogP contribution in [0.4, 0.5) is 5.82 Å². The summed E-state index contributed by atoms with van der Waals surface area (Å²) >= 11 is 0. The molecule has 158 valence electrons. The van der Waals surface area contributed by atoms with Crippen molar-refractivity contribution >= 4 is 17.6 Å². The first kappa shape index (κ1) is 19.4. The van der Waals surface area contributed by atoms with Crippen LogP contribution in [0.3, 0.4) is 0 Å². The predicted octanol–water partition coefficient (Wildman–Crippen LogP) is 2.65. The third-order valence-corrected chi connectivity index (χ3v) is 5.98. The Morgan fingerprint density at radius 1 is 1.26 bits per heavy atom. The number of carbonyl (C=O) groups is 2. The van der Waals surface area contributed by atoms with E-state index in [4.69, 9.17) is 0 Å². The Hall–Kier alpha value is -3.55. The SMILES string of the molecule is C=C1C2=C(C(=O)N1C1CC1)N(CC(=O)Nc1cc(C)c(-c3cnccn3)cn1)CCC2. The maximum atomic E-state index is 13.0. The van der Waals surface area contributed by atoms with Crippen molar-refractivity contribution in [2.75, 3.05) is 18.4 Å². The van der Waals surface area contributed by atoms with E-state index in [0.29, 0.717) is 18.1 Å². The van der Waals surface area contributed by atoms with E-state index in [1.54, 1.807) is 24.8 Å². The zero-order valence-corrected chi connectivity index (χ0v) is 17.5. The zero-order chi connectivity index (χ0) is 21.5. The van der Waals surface area contributed by atoms with Crippen LogP contribution in [0.5, 0.6) is 0 Å². The van der Waals surface area contributed by atoms with E-state index in [1.807, 2.05) is 22.8 Å². The van der Waals surface area contributed by atoms with E-state index >= 15 is 0 Å². The highest BCUT2D eigenvalue weighted by atomic mass is 16.2. The van der Waals surface area contributed by atoms with Crippen LogP contribution in [0.2, 0.25) is 0 Å². The number of hydrogen-bond acceptors (Lipinski definition) is 6. The molecule has 1 aliphatic carbocycles. The van der Waals surface area contributed by atoms with Crippen LogP contribution in [0.15, 0.2) is 54.4 Å². The molecular formula is C23H24N6O2. The van der Waals surface area contributed by atoms with Gasteiger partial charge in [-0.25, -0.2) is 4.98 Å². The molecule has 3 aliphatic rings. The molecule has 8 heteroatoms. The second kappa shape index (κ2) is 7.61. The maximum absolute atomic E-state index is 13.0. The van der Waals surface area contributed by atoms with Gasteiger partial charge in [0.25, 0.3) is 5.91 Å². The normalized spacial score (nSPS) is 18.5. The third kappa shape index (κ3) is 3.58. The molecule has 0 saturated heterocycles. The van der Waals surface area contributed by atoms with Crippen LogP contribution in [0.25, 0.3) is 11.3 Å². The molecule has 0 spiro atoms. The minimum atomic E-state index is -0.198. The van der Waals surface area contributed by atoms with Gasteiger partial charge in [-0.05, 0) is 44.2 Å². The van der Waals surface area contributed by atoms with Crippen LogP contribution in [0, 0.1) is 6.92 Å². The fraction of sp³-hybridized carbons (Fsp3) is 0.348. The molecule has 2 aromatic heterocycles. The number of rotatable bonds is 5. The summed E-state index contributed by atoms with van der Waals surface area (Å²) in [5, 5.41) is 2.86. The van der Waals surface area contributed by atoms with Crippen LogP contribution in [-0.2, 0) is 9.59 Å². The average Bonchev–Trinajstić information content (AvgIpc) is 3.55. The molecule has 0 unspecified atom stereocenters. The van der Waals surface area contributed by atoms with E-state index in [0.717, 1.165) is 53.8 Å². The number of amides is 2. The van der Waals surface area contributed by atoms with Gasteiger partial charge in [-0.15, -0.1) is 0 Å². The Bertz CT molecular complexity index is 1110. The summed E-state index contributed by atoms with van der Waals surface area (Å²) in [6.45, 7) is 6.90. The number of aromatic nitrogens is 3. The fourth-order valence-electron chi connectivity index (χ4n) is 4.36. The molecule has 4 heterocycles. The first-order valence-corrected chi connectivity index (χ1v) is 10.6. The molecule has 1 N–H and O–H groups in total. The highest BCUT2D eigenvalue weighted by molar-refractivity contribution is 6.01. The van der Waals surface area contributed by atoms with Crippen molar-refractivity contribution in [3.8, 4) is 11.3 Å². The summed E-state index contributed by atoms with van der Waals surface area (Å²) in [5.74, 6) is 0.275. The largest absolute Gasteiger partial charge is 0.357 e. The Balaban J connectivity index is 1.29. The smallest absolute Gasteiger partial charge is 0.275 e. The second-order valence-corrected chi connectivity index (χ2v) is 8.23.